The Hall–Kier alpha value is -1.46. The molecule has 0 amide bonds. The summed E-state index contributed by atoms with van der Waals surface area (Å²) >= 11 is 0. The summed E-state index contributed by atoms with van der Waals surface area (Å²) in [4.78, 5) is 13.1. The molecule has 1 atom stereocenters. The van der Waals surface area contributed by atoms with Crippen LogP contribution in [0.5, 0.6) is 0 Å². The number of carboxylic acid groups (broad SMARTS) is 1. The third-order valence-electron chi connectivity index (χ3n) is 3.84. The van der Waals surface area contributed by atoms with Crippen LogP contribution < -0.4 is 5.32 Å². The van der Waals surface area contributed by atoms with Gasteiger partial charge in [-0.25, -0.2) is 9.18 Å². The Bertz CT molecular complexity index is 479. The van der Waals surface area contributed by atoms with Crippen molar-refractivity contribution in [1.82, 2.24) is 10.2 Å². The number of aromatic carboxylic acids is 1. The van der Waals surface area contributed by atoms with Gasteiger partial charge in [0.25, 0.3) is 0 Å². The largest absolute Gasteiger partial charge is 0.478 e. The second-order valence-electron chi connectivity index (χ2n) is 5.30. The summed E-state index contributed by atoms with van der Waals surface area (Å²) in [5, 5.41) is 12.1. The molecule has 2 rings (SSSR count). The van der Waals surface area contributed by atoms with Crippen LogP contribution in [0, 0.1) is 11.7 Å². The standard InChI is InChI=1S/C15H21FN2O2/c1-2-18-6-5-12(10-18)9-17-8-11-3-4-13(15(19)20)14(16)7-11/h3-4,7,12,17H,2,5-6,8-10H2,1H3,(H,19,20). The SMILES string of the molecule is CCN1CCC(CNCc2ccc(C(=O)O)c(F)c2)C1. The maximum atomic E-state index is 13.5. The third kappa shape index (κ3) is 3.77. The Kier molecular flexibility index (Phi) is 5.09. The van der Waals surface area contributed by atoms with E-state index in [2.05, 4.69) is 17.1 Å². The zero-order valence-corrected chi connectivity index (χ0v) is 11.7. The first-order valence-corrected chi connectivity index (χ1v) is 7.05. The maximum Gasteiger partial charge on any atom is 0.338 e. The van der Waals surface area contributed by atoms with Gasteiger partial charge in [-0.2, -0.15) is 0 Å². The van der Waals surface area contributed by atoms with Crippen molar-refractivity contribution < 1.29 is 14.3 Å². The van der Waals surface area contributed by atoms with E-state index in [0.29, 0.717) is 12.5 Å². The molecule has 20 heavy (non-hydrogen) atoms. The first-order chi connectivity index (χ1) is 9.60. The number of hydrogen-bond donors (Lipinski definition) is 2. The summed E-state index contributed by atoms with van der Waals surface area (Å²) in [6.07, 6.45) is 1.20. The fourth-order valence-electron chi connectivity index (χ4n) is 2.63. The summed E-state index contributed by atoms with van der Waals surface area (Å²) in [7, 11) is 0. The average Bonchev–Trinajstić information content (AvgIpc) is 2.86. The molecule has 1 aromatic carbocycles. The van der Waals surface area contributed by atoms with Crippen LogP contribution in [0.4, 0.5) is 4.39 Å². The van der Waals surface area contributed by atoms with Crippen molar-refractivity contribution in [3.8, 4) is 0 Å². The van der Waals surface area contributed by atoms with Crippen molar-refractivity contribution in [1.29, 1.82) is 0 Å². The fraction of sp³-hybridized carbons (Fsp3) is 0.533. The van der Waals surface area contributed by atoms with Crippen molar-refractivity contribution in [2.45, 2.75) is 19.9 Å². The van der Waals surface area contributed by atoms with E-state index in [4.69, 9.17) is 5.11 Å². The first-order valence-electron chi connectivity index (χ1n) is 7.05. The lowest BCUT2D eigenvalue weighted by Crippen LogP contribution is -2.26. The van der Waals surface area contributed by atoms with Crippen molar-refractivity contribution in [3.63, 3.8) is 0 Å². The van der Waals surface area contributed by atoms with Gasteiger partial charge in [0, 0.05) is 13.1 Å². The van der Waals surface area contributed by atoms with E-state index in [-0.39, 0.29) is 5.56 Å². The Labute approximate surface area is 118 Å². The molecule has 1 fully saturated rings. The zero-order valence-electron chi connectivity index (χ0n) is 11.7. The molecule has 0 saturated carbocycles. The van der Waals surface area contributed by atoms with Crippen molar-refractivity contribution >= 4 is 5.97 Å². The molecular weight excluding hydrogens is 259 g/mol. The van der Waals surface area contributed by atoms with Crippen LogP contribution in [-0.2, 0) is 6.54 Å². The number of hydrogen-bond acceptors (Lipinski definition) is 3. The lowest BCUT2D eigenvalue weighted by Gasteiger charge is -2.14. The number of carbonyl (C=O) groups is 1. The number of carboxylic acids is 1. The molecule has 1 unspecified atom stereocenters. The monoisotopic (exact) mass is 280 g/mol. The average molecular weight is 280 g/mol. The predicted molar refractivity (Wildman–Crippen MR) is 75.3 cm³/mol. The quantitative estimate of drug-likeness (QED) is 0.836. The second-order valence-corrected chi connectivity index (χ2v) is 5.30. The maximum absolute atomic E-state index is 13.5. The van der Waals surface area contributed by atoms with Gasteiger partial charge in [-0.1, -0.05) is 13.0 Å². The topological polar surface area (TPSA) is 52.6 Å². The number of likely N-dealkylation sites (tertiary alicyclic amines) is 1. The first kappa shape index (κ1) is 14.9. The van der Waals surface area contributed by atoms with E-state index < -0.39 is 11.8 Å². The highest BCUT2D eigenvalue weighted by Gasteiger charge is 2.20. The fourth-order valence-corrected chi connectivity index (χ4v) is 2.63. The Morgan fingerprint density at radius 2 is 2.35 bits per heavy atom. The Balaban J connectivity index is 1.80. The van der Waals surface area contributed by atoms with E-state index in [1.165, 1.54) is 18.6 Å². The number of nitrogens with one attached hydrogen (secondary N) is 1. The molecule has 110 valence electrons. The Morgan fingerprint density at radius 1 is 1.55 bits per heavy atom. The van der Waals surface area contributed by atoms with Gasteiger partial charge >= 0.3 is 5.97 Å². The van der Waals surface area contributed by atoms with Crippen molar-refractivity contribution in [3.05, 3.63) is 35.1 Å². The minimum absolute atomic E-state index is 0.275. The molecule has 0 spiro atoms. The van der Waals surface area contributed by atoms with Gasteiger partial charge in [-0.05, 0) is 49.7 Å². The van der Waals surface area contributed by atoms with Crippen LogP contribution in [0.15, 0.2) is 18.2 Å². The van der Waals surface area contributed by atoms with Gasteiger partial charge in [0.2, 0.25) is 0 Å². The summed E-state index contributed by atoms with van der Waals surface area (Å²) in [5.41, 5.74) is 0.501. The third-order valence-corrected chi connectivity index (χ3v) is 3.84. The van der Waals surface area contributed by atoms with Crippen LogP contribution in [-0.4, -0.2) is 42.2 Å². The molecule has 0 aromatic heterocycles. The van der Waals surface area contributed by atoms with Crippen molar-refractivity contribution in [2.24, 2.45) is 5.92 Å². The van der Waals surface area contributed by atoms with Crippen LogP contribution in [0.2, 0.25) is 0 Å². The van der Waals surface area contributed by atoms with E-state index >= 15 is 0 Å². The molecule has 1 aliphatic heterocycles. The summed E-state index contributed by atoms with van der Waals surface area (Å²) < 4.78 is 13.5. The normalized spacial score (nSPS) is 19.4. The summed E-state index contributed by atoms with van der Waals surface area (Å²) in [6, 6.07) is 4.28. The van der Waals surface area contributed by atoms with Crippen LogP contribution >= 0.6 is 0 Å². The molecule has 0 bridgehead atoms. The summed E-state index contributed by atoms with van der Waals surface area (Å²) in [5.74, 6) is -1.25. The highest BCUT2D eigenvalue weighted by Crippen LogP contribution is 2.15. The minimum atomic E-state index is -1.23. The van der Waals surface area contributed by atoms with E-state index in [9.17, 15) is 9.18 Å². The minimum Gasteiger partial charge on any atom is -0.478 e. The molecule has 5 heteroatoms. The number of halogens is 1. The molecule has 0 aliphatic carbocycles. The number of benzene rings is 1. The predicted octanol–water partition coefficient (Wildman–Crippen LogP) is 1.96. The lowest BCUT2D eigenvalue weighted by atomic mass is 10.1. The smallest absolute Gasteiger partial charge is 0.338 e. The number of rotatable bonds is 6. The van der Waals surface area contributed by atoms with Gasteiger partial charge in [0.05, 0.1) is 5.56 Å². The number of nitrogens with zero attached hydrogens (tertiary/aromatic N) is 1. The van der Waals surface area contributed by atoms with E-state index in [0.717, 1.165) is 31.7 Å². The molecule has 0 radical (unpaired) electrons. The van der Waals surface area contributed by atoms with Gasteiger partial charge in [-0.3, -0.25) is 0 Å². The van der Waals surface area contributed by atoms with Crippen LogP contribution in [0.1, 0.15) is 29.3 Å². The van der Waals surface area contributed by atoms with Gasteiger partial charge < -0.3 is 15.3 Å². The molecule has 1 aromatic rings. The highest BCUT2D eigenvalue weighted by atomic mass is 19.1. The molecule has 2 N–H and O–H groups in total. The molecule has 1 heterocycles. The van der Waals surface area contributed by atoms with Gasteiger partial charge in [0.1, 0.15) is 5.82 Å². The van der Waals surface area contributed by atoms with E-state index in [1.54, 1.807) is 6.07 Å². The molecule has 1 saturated heterocycles. The molecule has 1 aliphatic rings. The van der Waals surface area contributed by atoms with Gasteiger partial charge in [0.15, 0.2) is 0 Å². The molecule has 4 nitrogen and oxygen atoms in total. The Morgan fingerprint density at radius 3 is 2.95 bits per heavy atom. The van der Waals surface area contributed by atoms with Crippen LogP contribution in [0.25, 0.3) is 0 Å². The highest BCUT2D eigenvalue weighted by molar-refractivity contribution is 5.87. The van der Waals surface area contributed by atoms with E-state index in [1.807, 2.05) is 0 Å². The van der Waals surface area contributed by atoms with Gasteiger partial charge in [-0.15, -0.1) is 0 Å². The van der Waals surface area contributed by atoms with Crippen molar-refractivity contribution in [2.75, 3.05) is 26.2 Å². The second kappa shape index (κ2) is 6.81. The zero-order chi connectivity index (χ0) is 14.5. The molecular formula is C15H21FN2O2. The summed E-state index contributed by atoms with van der Waals surface area (Å²) in [6.45, 7) is 7.03. The van der Waals surface area contributed by atoms with Crippen LogP contribution in [0.3, 0.4) is 0 Å². The lowest BCUT2D eigenvalue weighted by molar-refractivity contribution is 0.0692.